The number of rotatable bonds is 4. The number of halogens is 1. The Bertz CT molecular complexity index is 1080. The lowest BCUT2D eigenvalue weighted by Gasteiger charge is -2.34. The first-order valence-corrected chi connectivity index (χ1v) is 10.9. The molecule has 2 aliphatic heterocycles. The van der Waals surface area contributed by atoms with Crippen molar-refractivity contribution in [2.45, 2.75) is 11.3 Å². The SMILES string of the molecule is O=C1COc2ccc(S(=O)(=O)N3CCN(C(=O)Cc4ccc(F)cc4)CC3)cc2N1. The lowest BCUT2D eigenvalue weighted by Crippen LogP contribution is -2.50. The van der Waals surface area contributed by atoms with Gasteiger partial charge in [0.25, 0.3) is 5.91 Å². The van der Waals surface area contributed by atoms with Crippen LogP contribution < -0.4 is 10.1 Å². The first-order valence-electron chi connectivity index (χ1n) is 9.42. The smallest absolute Gasteiger partial charge is 0.262 e. The van der Waals surface area contributed by atoms with Gasteiger partial charge in [-0.05, 0) is 35.9 Å². The van der Waals surface area contributed by atoms with E-state index in [0.717, 1.165) is 0 Å². The Labute approximate surface area is 173 Å². The van der Waals surface area contributed by atoms with Crippen LogP contribution in [-0.2, 0) is 26.0 Å². The molecule has 0 bridgehead atoms. The number of carbonyl (C=O) groups is 2. The van der Waals surface area contributed by atoms with Crippen LogP contribution in [0, 0.1) is 5.82 Å². The van der Waals surface area contributed by atoms with Gasteiger partial charge in [-0.15, -0.1) is 0 Å². The van der Waals surface area contributed by atoms with E-state index in [1.54, 1.807) is 17.0 Å². The van der Waals surface area contributed by atoms with E-state index in [9.17, 15) is 22.4 Å². The van der Waals surface area contributed by atoms with E-state index < -0.39 is 10.0 Å². The van der Waals surface area contributed by atoms with Crippen molar-refractivity contribution >= 4 is 27.5 Å². The van der Waals surface area contributed by atoms with Crippen molar-refractivity contribution in [1.29, 1.82) is 0 Å². The predicted octanol–water partition coefficient (Wildman–Crippen LogP) is 1.23. The molecule has 0 spiro atoms. The van der Waals surface area contributed by atoms with Gasteiger partial charge in [0.15, 0.2) is 6.61 Å². The molecule has 0 aliphatic carbocycles. The molecule has 1 fully saturated rings. The minimum atomic E-state index is -3.78. The molecule has 158 valence electrons. The minimum absolute atomic E-state index is 0.0538. The number of piperazine rings is 1. The van der Waals surface area contributed by atoms with Crippen LogP contribution in [0.3, 0.4) is 0 Å². The Kier molecular flexibility index (Phi) is 5.44. The third kappa shape index (κ3) is 4.14. The normalized spacial score (nSPS) is 17.1. The maximum absolute atomic E-state index is 13.0. The van der Waals surface area contributed by atoms with Crippen LogP contribution >= 0.6 is 0 Å². The van der Waals surface area contributed by atoms with Crippen LogP contribution in [-0.4, -0.2) is 62.2 Å². The summed E-state index contributed by atoms with van der Waals surface area (Å²) in [4.78, 5) is 25.6. The average molecular weight is 433 g/mol. The van der Waals surface area contributed by atoms with E-state index >= 15 is 0 Å². The zero-order valence-electron chi connectivity index (χ0n) is 16.0. The summed E-state index contributed by atoms with van der Waals surface area (Å²) >= 11 is 0. The van der Waals surface area contributed by atoms with E-state index in [-0.39, 0.29) is 61.7 Å². The van der Waals surface area contributed by atoms with Crippen molar-refractivity contribution in [3.63, 3.8) is 0 Å². The first-order chi connectivity index (χ1) is 14.3. The van der Waals surface area contributed by atoms with E-state index in [1.165, 1.54) is 34.6 Å². The number of benzene rings is 2. The molecule has 4 rings (SSSR count). The molecule has 2 aromatic carbocycles. The van der Waals surface area contributed by atoms with Gasteiger partial charge in [0.1, 0.15) is 11.6 Å². The number of carbonyl (C=O) groups excluding carboxylic acids is 2. The third-order valence-corrected chi connectivity index (χ3v) is 6.98. The van der Waals surface area contributed by atoms with Crippen LogP contribution in [0.15, 0.2) is 47.4 Å². The van der Waals surface area contributed by atoms with E-state index in [2.05, 4.69) is 5.32 Å². The van der Waals surface area contributed by atoms with Crippen molar-refractivity contribution in [3.8, 4) is 5.75 Å². The number of hydrogen-bond acceptors (Lipinski definition) is 5. The third-order valence-electron chi connectivity index (χ3n) is 5.08. The molecule has 0 saturated carbocycles. The largest absolute Gasteiger partial charge is 0.482 e. The summed E-state index contributed by atoms with van der Waals surface area (Å²) in [6.07, 6.45) is 0.136. The molecule has 2 aliphatic rings. The van der Waals surface area contributed by atoms with Gasteiger partial charge in [-0.3, -0.25) is 9.59 Å². The van der Waals surface area contributed by atoms with Crippen molar-refractivity contribution in [2.75, 3.05) is 38.1 Å². The number of nitrogens with zero attached hydrogens (tertiary/aromatic N) is 2. The monoisotopic (exact) mass is 433 g/mol. The molecular weight excluding hydrogens is 413 g/mol. The topological polar surface area (TPSA) is 96.0 Å². The molecule has 2 heterocycles. The standard InChI is InChI=1S/C20H20FN3O5S/c21-15-3-1-14(2-4-15)11-20(26)23-7-9-24(10-8-23)30(27,28)16-5-6-18-17(12-16)22-19(25)13-29-18/h1-6,12H,7-11,13H2,(H,22,25). The highest BCUT2D eigenvalue weighted by Crippen LogP contribution is 2.31. The minimum Gasteiger partial charge on any atom is -0.482 e. The highest BCUT2D eigenvalue weighted by Gasteiger charge is 2.31. The quantitative estimate of drug-likeness (QED) is 0.783. The molecule has 0 aromatic heterocycles. The summed E-state index contributed by atoms with van der Waals surface area (Å²) < 4.78 is 45.6. The second-order valence-electron chi connectivity index (χ2n) is 7.08. The zero-order valence-corrected chi connectivity index (χ0v) is 16.8. The Morgan fingerprint density at radius 3 is 2.47 bits per heavy atom. The van der Waals surface area contributed by atoms with E-state index in [4.69, 9.17) is 4.74 Å². The molecule has 2 aromatic rings. The molecule has 30 heavy (non-hydrogen) atoms. The second-order valence-corrected chi connectivity index (χ2v) is 9.02. The van der Waals surface area contributed by atoms with E-state index in [0.29, 0.717) is 17.0 Å². The first kappa shape index (κ1) is 20.3. The Hall–Kier alpha value is -2.98. The van der Waals surface area contributed by atoms with Crippen molar-refractivity contribution < 1.29 is 27.1 Å². The van der Waals surface area contributed by atoms with Crippen LogP contribution in [0.25, 0.3) is 0 Å². The summed E-state index contributed by atoms with van der Waals surface area (Å²) in [5, 5.41) is 2.60. The van der Waals surface area contributed by atoms with Gasteiger partial charge in [0, 0.05) is 26.2 Å². The van der Waals surface area contributed by atoms with Crippen molar-refractivity contribution in [3.05, 3.63) is 53.8 Å². The van der Waals surface area contributed by atoms with Gasteiger partial charge in [0.05, 0.1) is 17.0 Å². The maximum Gasteiger partial charge on any atom is 0.262 e. The fraction of sp³-hybridized carbons (Fsp3) is 0.300. The van der Waals surface area contributed by atoms with Gasteiger partial charge in [-0.1, -0.05) is 12.1 Å². The fourth-order valence-corrected chi connectivity index (χ4v) is 4.89. The number of ether oxygens (including phenoxy) is 1. The molecule has 2 amide bonds. The van der Waals surface area contributed by atoms with E-state index in [1.807, 2.05) is 0 Å². The molecule has 1 N–H and O–H groups in total. The number of nitrogens with one attached hydrogen (secondary N) is 1. The second kappa shape index (κ2) is 8.04. The van der Waals surface area contributed by atoms with Crippen LogP contribution in [0.2, 0.25) is 0 Å². The fourth-order valence-electron chi connectivity index (χ4n) is 3.44. The van der Waals surface area contributed by atoms with Crippen LogP contribution in [0.4, 0.5) is 10.1 Å². The number of sulfonamides is 1. The van der Waals surface area contributed by atoms with Gasteiger partial charge < -0.3 is 15.0 Å². The molecule has 8 nitrogen and oxygen atoms in total. The Balaban J connectivity index is 1.40. The lowest BCUT2D eigenvalue weighted by molar-refractivity contribution is -0.131. The summed E-state index contributed by atoms with van der Waals surface area (Å²) in [5.74, 6) is -0.416. The number of anilines is 1. The number of fused-ring (bicyclic) bond motifs is 1. The van der Waals surface area contributed by atoms with Crippen LogP contribution in [0.5, 0.6) is 5.75 Å². The molecule has 1 saturated heterocycles. The maximum atomic E-state index is 13.0. The molecule has 0 atom stereocenters. The summed E-state index contributed by atoms with van der Waals surface area (Å²) in [6.45, 7) is 0.760. The van der Waals surface area contributed by atoms with Crippen LogP contribution in [0.1, 0.15) is 5.56 Å². The van der Waals surface area contributed by atoms with Gasteiger partial charge >= 0.3 is 0 Å². The summed E-state index contributed by atoms with van der Waals surface area (Å²) in [6, 6.07) is 10.1. The molecular formula is C20H20FN3O5S. The highest BCUT2D eigenvalue weighted by atomic mass is 32.2. The zero-order chi connectivity index (χ0) is 21.3. The number of hydrogen-bond donors (Lipinski definition) is 1. The number of amides is 2. The molecule has 0 unspecified atom stereocenters. The Morgan fingerprint density at radius 2 is 1.77 bits per heavy atom. The summed E-state index contributed by atoms with van der Waals surface area (Å²) in [5.41, 5.74) is 1.02. The Morgan fingerprint density at radius 1 is 1.07 bits per heavy atom. The van der Waals surface area contributed by atoms with Gasteiger partial charge in [-0.2, -0.15) is 4.31 Å². The van der Waals surface area contributed by atoms with Crippen molar-refractivity contribution in [1.82, 2.24) is 9.21 Å². The predicted molar refractivity (Wildman–Crippen MR) is 106 cm³/mol. The lowest BCUT2D eigenvalue weighted by atomic mass is 10.1. The average Bonchev–Trinajstić information content (AvgIpc) is 2.75. The molecule has 0 radical (unpaired) electrons. The van der Waals surface area contributed by atoms with Gasteiger partial charge in [0.2, 0.25) is 15.9 Å². The highest BCUT2D eigenvalue weighted by molar-refractivity contribution is 7.89. The van der Waals surface area contributed by atoms with Gasteiger partial charge in [-0.25, -0.2) is 12.8 Å². The molecule has 10 heteroatoms. The summed E-state index contributed by atoms with van der Waals surface area (Å²) in [7, 11) is -3.78. The van der Waals surface area contributed by atoms with Crippen molar-refractivity contribution in [2.24, 2.45) is 0 Å².